The van der Waals surface area contributed by atoms with Crippen molar-refractivity contribution in [2.24, 2.45) is 5.92 Å². The Labute approximate surface area is 193 Å². The van der Waals surface area contributed by atoms with Gasteiger partial charge in [-0.15, -0.1) is 0 Å². The van der Waals surface area contributed by atoms with Crippen molar-refractivity contribution in [1.29, 1.82) is 0 Å². The summed E-state index contributed by atoms with van der Waals surface area (Å²) in [4.78, 5) is 0. The average molecular weight is 430 g/mol. The van der Waals surface area contributed by atoms with Crippen LogP contribution in [0.4, 0.5) is 5.69 Å². The van der Waals surface area contributed by atoms with Crippen LogP contribution in [0.5, 0.6) is 0 Å². The Morgan fingerprint density at radius 2 is 1.50 bits per heavy atom. The van der Waals surface area contributed by atoms with E-state index in [0.717, 1.165) is 24.8 Å². The highest BCUT2D eigenvalue weighted by Gasteiger charge is 2.22. The molecule has 2 heteroatoms. The maximum Gasteiger partial charge on any atom is 0.0342 e. The van der Waals surface area contributed by atoms with Crippen LogP contribution in [0.15, 0.2) is 42.5 Å². The second-order valence-corrected chi connectivity index (χ2v) is 7.51. The number of hydrogen-bond donors (Lipinski definition) is 2. The minimum absolute atomic E-state index is 0.768. The molecule has 1 fully saturated rings. The van der Waals surface area contributed by atoms with E-state index >= 15 is 0 Å². The summed E-state index contributed by atoms with van der Waals surface area (Å²) in [6.07, 6.45) is 8.20. The molecule has 0 bridgehead atoms. The van der Waals surface area contributed by atoms with E-state index in [4.69, 9.17) is 0 Å². The van der Waals surface area contributed by atoms with E-state index in [-0.39, 0.29) is 0 Å². The Balaban J connectivity index is 0.00000129. The molecule has 0 saturated heterocycles. The van der Waals surface area contributed by atoms with Gasteiger partial charge >= 0.3 is 0 Å². The second-order valence-electron chi connectivity index (χ2n) is 7.51. The Morgan fingerprint density at radius 3 is 2.03 bits per heavy atom. The van der Waals surface area contributed by atoms with Gasteiger partial charge in [0.1, 0.15) is 0 Å². The first-order chi connectivity index (χ1) is 14.7. The SMILES string of the molecule is CC.CC.CCc1ccc(C2CCC(CNc3cccc(C)c3)CC2)cc1C.CS. The largest absolute Gasteiger partial charge is 0.385 e. The molecule has 170 valence electrons. The van der Waals surface area contributed by atoms with Crippen LogP contribution in [0, 0.1) is 19.8 Å². The lowest BCUT2D eigenvalue weighted by molar-refractivity contribution is 0.338. The summed E-state index contributed by atoms with van der Waals surface area (Å²) in [5, 5.41) is 3.63. The van der Waals surface area contributed by atoms with Crippen molar-refractivity contribution >= 4 is 18.3 Å². The molecule has 2 aromatic carbocycles. The van der Waals surface area contributed by atoms with E-state index in [2.05, 4.69) is 81.2 Å². The highest BCUT2D eigenvalue weighted by molar-refractivity contribution is 7.79. The summed E-state index contributed by atoms with van der Waals surface area (Å²) in [5.74, 6) is 1.59. The zero-order valence-electron chi connectivity index (χ0n) is 20.9. The minimum Gasteiger partial charge on any atom is -0.385 e. The van der Waals surface area contributed by atoms with Crippen LogP contribution in [0.3, 0.4) is 0 Å². The maximum atomic E-state index is 3.63. The summed E-state index contributed by atoms with van der Waals surface area (Å²) < 4.78 is 0. The first-order valence-corrected chi connectivity index (χ1v) is 12.9. The van der Waals surface area contributed by atoms with Crippen LogP contribution in [0.25, 0.3) is 0 Å². The summed E-state index contributed by atoms with van der Waals surface area (Å²) in [5.41, 5.74) is 7.13. The molecular formula is C28H47NS. The highest BCUT2D eigenvalue weighted by atomic mass is 32.1. The molecule has 1 nitrogen and oxygen atoms in total. The van der Waals surface area contributed by atoms with Crippen LogP contribution in [-0.2, 0) is 6.42 Å². The molecule has 0 heterocycles. The van der Waals surface area contributed by atoms with Crippen molar-refractivity contribution < 1.29 is 0 Å². The number of benzene rings is 2. The molecule has 2 aromatic rings. The zero-order chi connectivity index (χ0) is 22.9. The lowest BCUT2D eigenvalue weighted by Gasteiger charge is -2.29. The highest BCUT2D eigenvalue weighted by Crippen LogP contribution is 2.36. The third-order valence-corrected chi connectivity index (χ3v) is 5.68. The third-order valence-electron chi connectivity index (χ3n) is 5.68. The third kappa shape index (κ3) is 9.60. The van der Waals surface area contributed by atoms with Gasteiger partial charge in [0.05, 0.1) is 0 Å². The van der Waals surface area contributed by atoms with E-state index in [0.29, 0.717) is 0 Å². The smallest absolute Gasteiger partial charge is 0.0342 e. The van der Waals surface area contributed by atoms with Crippen LogP contribution in [-0.4, -0.2) is 12.8 Å². The molecule has 0 spiro atoms. The van der Waals surface area contributed by atoms with Gasteiger partial charge in [-0.05, 0) is 98.4 Å². The fourth-order valence-electron chi connectivity index (χ4n) is 4.09. The van der Waals surface area contributed by atoms with Gasteiger partial charge in [0.2, 0.25) is 0 Å². The van der Waals surface area contributed by atoms with Crippen molar-refractivity contribution in [2.75, 3.05) is 18.1 Å². The molecule has 0 amide bonds. The molecule has 0 atom stereocenters. The average Bonchev–Trinajstić information content (AvgIpc) is 2.82. The molecule has 0 unspecified atom stereocenters. The van der Waals surface area contributed by atoms with Gasteiger partial charge in [0.25, 0.3) is 0 Å². The molecule has 0 aliphatic heterocycles. The lowest BCUT2D eigenvalue weighted by atomic mass is 9.78. The van der Waals surface area contributed by atoms with Crippen molar-refractivity contribution in [2.45, 2.75) is 86.5 Å². The summed E-state index contributed by atoms with van der Waals surface area (Å²) >= 11 is 3.53. The first-order valence-electron chi connectivity index (χ1n) is 12.0. The Morgan fingerprint density at radius 1 is 0.867 bits per heavy atom. The van der Waals surface area contributed by atoms with Gasteiger partial charge in [0, 0.05) is 12.2 Å². The van der Waals surface area contributed by atoms with Crippen molar-refractivity contribution in [3.05, 3.63) is 64.7 Å². The maximum absolute atomic E-state index is 3.63. The fraction of sp³-hybridized carbons (Fsp3) is 0.571. The van der Waals surface area contributed by atoms with Gasteiger partial charge in [0.15, 0.2) is 0 Å². The number of thiol groups is 1. The van der Waals surface area contributed by atoms with Crippen LogP contribution < -0.4 is 5.32 Å². The number of rotatable bonds is 5. The van der Waals surface area contributed by atoms with Gasteiger partial charge in [-0.1, -0.05) is 65.0 Å². The standard InChI is InChI=1S/C23H31N.2C2H6.CH4S/c1-4-20-12-13-22(15-18(20)3)21-10-8-19(9-11-21)16-24-23-7-5-6-17(2)14-23;3*1-2/h5-7,12-15,19,21,24H,4,8-11,16H2,1-3H3;2*1-2H3;2H,1H3. The lowest BCUT2D eigenvalue weighted by Crippen LogP contribution is -2.20. The number of anilines is 1. The van der Waals surface area contributed by atoms with Crippen molar-refractivity contribution in [3.8, 4) is 0 Å². The quantitative estimate of drug-likeness (QED) is 0.452. The molecule has 3 rings (SSSR count). The molecule has 1 N–H and O–H groups in total. The number of hydrogen-bond acceptors (Lipinski definition) is 2. The Kier molecular flexibility index (Phi) is 16.5. The Hall–Kier alpha value is -1.41. The van der Waals surface area contributed by atoms with Gasteiger partial charge in [-0.3, -0.25) is 0 Å². The molecule has 1 aliphatic rings. The molecule has 0 aromatic heterocycles. The summed E-state index contributed by atoms with van der Waals surface area (Å²) in [6.45, 7) is 15.8. The minimum atomic E-state index is 0.768. The predicted molar refractivity (Wildman–Crippen MR) is 143 cm³/mol. The molecule has 30 heavy (non-hydrogen) atoms. The fourth-order valence-corrected chi connectivity index (χ4v) is 4.09. The normalized spacial score (nSPS) is 17.2. The van der Waals surface area contributed by atoms with E-state index in [1.165, 1.54) is 48.1 Å². The van der Waals surface area contributed by atoms with Crippen LogP contribution in [0.2, 0.25) is 0 Å². The van der Waals surface area contributed by atoms with Crippen LogP contribution >= 0.6 is 12.6 Å². The van der Waals surface area contributed by atoms with Gasteiger partial charge in [-0.2, -0.15) is 12.6 Å². The van der Waals surface area contributed by atoms with Gasteiger partial charge < -0.3 is 5.32 Å². The molecule has 1 aliphatic carbocycles. The van der Waals surface area contributed by atoms with Gasteiger partial charge in [-0.25, -0.2) is 0 Å². The van der Waals surface area contributed by atoms with E-state index in [9.17, 15) is 0 Å². The predicted octanol–water partition coefficient (Wildman–Crippen LogP) is 8.85. The van der Waals surface area contributed by atoms with E-state index in [1.807, 2.05) is 27.7 Å². The number of aryl methyl sites for hydroxylation is 3. The van der Waals surface area contributed by atoms with Crippen molar-refractivity contribution in [3.63, 3.8) is 0 Å². The molecule has 1 saturated carbocycles. The first kappa shape index (κ1) is 28.6. The molecule has 0 radical (unpaired) electrons. The number of nitrogens with one attached hydrogen (secondary N) is 1. The monoisotopic (exact) mass is 429 g/mol. The topological polar surface area (TPSA) is 12.0 Å². The summed E-state index contributed by atoms with van der Waals surface area (Å²) in [6, 6.07) is 15.9. The van der Waals surface area contributed by atoms with Crippen LogP contribution in [0.1, 0.15) is 88.5 Å². The van der Waals surface area contributed by atoms with Crippen molar-refractivity contribution in [1.82, 2.24) is 0 Å². The molecular weight excluding hydrogens is 382 g/mol. The van der Waals surface area contributed by atoms with E-state index in [1.54, 1.807) is 11.8 Å². The summed E-state index contributed by atoms with van der Waals surface area (Å²) in [7, 11) is 0. The second kappa shape index (κ2) is 17.3. The Bertz CT molecular complexity index is 672. The zero-order valence-corrected chi connectivity index (χ0v) is 21.8. The van der Waals surface area contributed by atoms with E-state index < -0.39 is 0 Å².